The Morgan fingerprint density at radius 3 is 2.83 bits per heavy atom. The van der Waals surface area contributed by atoms with E-state index in [1.807, 2.05) is 23.1 Å². The number of carbonyl (C=O) groups excluding carboxylic acids is 1. The van der Waals surface area contributed by atoms with Gasteiger partial charge in [0, 0.05) is 12.6 Å². The fraction of sp³-hybridized carbons (Fsp3) is 0.462. The maximum Gasteiger partial charge on any atom is 0.238 e. The maximum atomic E-state index is 11.8. The van der Waals surface area contributed by atoms with Crippen LogP contribution in [0.5, 0.6) is 11.5 Å². The predicted octanol–water partition coefficient (Wildman–Crippen LogP) is 2.15. The lowest BCUT2D eigenvalue weighted by atomic mass is 10.2. The molecule has 0 atom stereocenters. The van der Waals surface area contributed by atoms with Gasteiger partial charge in [-0.15, -0.1) is 11.6 Å². The molecule has 1 heterocycles. The van der Waals surface area contributed by atoms with Crippen molar-refractivity contribution < 1.29 is 14.3 Å². The summed E-state index contributed by atoms with van der Waals surface area (Å²) in [5.74, 6) is 1.56. The zero-order valence-electron chi connectivity index (χ0n) is 9.89. The number of hydrogen-bond acceptors (Lipinski definition) is 3. The second kappa shape index (κ2) is 4.69. The lowest BCUT2D eigenvalue weighted by Gasteiger charge is -2.21. The minimum absolute atomic E-state index is 0.00293. The third kappa shape index (κ3) is 2.25. The SMILES string of the molecule is O=C(CCl)N(Cc1ccc2c(c1)OCO2)C1CC1. The van der Waals surface area contributed by atoms with Crippen LogP contribution >= 0.6 is 11.6 Å². The van der Waals surface area contributed by atoms with E-state index in [1.54, 1.807) is 0 Å². The normalized spacial score (nSPS) is 16.7. The number of hydrogen-bond donors (Lipinski definition) is 0. The van der Waals surface area contributed by atoms with Gasteiger partial charge in [-0.05, 0) is 30.5 Å². The second-order valence-electron chi connectivity index (χ2n) is 4.57. The van der Waals surface area contributed by atoms with Gasteiger partial charge in [-0.3, -0.25) is 4.79 Å². The third-order valence-electron chi connectivity index (χ3n) is 3.21. The Morgan fingerprint density at radius 2 is 2.11 bits per heavy atom. The van der Waals surface area contributed by atoms with Crippen LogP contribution in [-0.2, 0) is 11.3 Å². The van der Waals surface area contributed by atoms with Gasteiger partial charge in [-0.2, -0.15) is 0 Å². The van der Waals surface area contributed by atoms with Gasteiger partial charge in [0.1, 0.15) is 5.88 Å². The predicted molar refractivity (Wildman–Crippen MR) is 66.9 cm³/mol. The summed E-state index contributed by atoms with van der Waals surface area (Å²) in [5.41, 5.74) is 1.05. The number of ether oxygens (including phenoxy) is 2. The van der Waals surface area contributed by atoms with Gasteiger partial charge in [-0.1, -0.05) is 6.07 Å². The number of fused-ring (bicyclic) bond motifs is 1. The molecule has 2 aliphatic rings. The molecule has 0 spiro atoms. The van der Waals surface area contributed by atoms with Crippen LogP contribution in [0, 0.1) is 0 Å². The molecule has 0 bridgehead atoms. The molecule has 0 aromatic heterocycles. The van der Waals surface area contributed by atoms with Crippen LogP contribution in [0.15, 0.2) is 18.2 Å². The minimum Gasteiger partial charge on any atom is -0.454 e. The van der Waals surface area contributed by atoms with Gasteiger partial charge < -0.3 is 14.4 Å². The molecule has 1 aromatic rings. The van der Waals surface area contributed by atoms with Crippen molar-refractivity contribution in [2.75, 3.05) is 12.7 Å². The van der Waals surface area contributed by atoms with Crippen LogP contribution in [-0.4, -0.2) is 29.5 Å². The van der Waals surface area contributed by atoms with E-state index < -0.39 is 0 Å². The standard InChI is InChI=1S/C13H14ClNO3/c14-6-13(16)15(10-2-3-10)7-9-1-4-11-12(5-9)18-8-17-11/h1,4-5,10H,2-3,6-8H2. The fourth-order valence-corrected chi connectivity index (χ4v) is 2.27. The first kappa shape index (κ1) is 11.7. The van der Waals surface area contributed by atoms with Crippen LogP contribution in [0.1, 0.15) is 18.4 Å². The molecule has 0 N–H and O–H groups in total. The van der Waals surface area contributed by atoms with E-state index in [0.29, 0.717) is 12.6 Å². The number of halogens is 1. The number of alkyl halides is 1. The van der Waals surface area contributed by atoms with Crippen LogP contribution < -0.4 is 9.47 Å². The molecule has 0 saturated heterocycles. The summed E-state index contributed by atoms with van der Waals surface area (Å²) in [4.78, 5) is 13.6. The Hall–Kier alpha value is -1.42. The van der Waals surface area contributed by atoms with Crippen molar-refractivity contribution in [3.8, 4) is 11.5 Å². The Balaban J connectivity index is 1.76. The second-order valence-corrected chi connectivity index (χ2v) is 4.84. The first-order valence-corrected chi connectivity index (χ1v) is 6.55. The molecule has 1 fully saturated rings. The lowest BCUT2D eigenvalue weighted by molar-refractivity contribution is -0.129. The topological polar surface area (TPSA) is 38.8 Å². The Labute approximate surface area is 110 Å². The number of benzene rings is 1. The van der Waals surface area contributed by atoms with E-state index in [2.05, 4.69) is 0 Å². The molecular formula is C13H14ClNO3. The lowest BCUT2D eigenvalue weighted by Crippen LogP contribution is -2.33. The van der Waals surface area contributed by atoms with E-state index in [1.165, 1.54) is 0 Å². The zero-order valence-corrected chi connectivity index (χ0v) is 10.7. The number of nitrogens with zero attached hydrogens (tertiary/aromatic N) is 1. The highest BCUT2D eigenvalue weighted by molar-refractivity contribution is 6.27. The smallest absolute Gasteiger partial charge is 0.238 e. The molecule has 18 heavy (non-hydrogen) atoms. The molecule has 4 nitrogen and oxygen atoms in total. The van der Waals surface area contributed by atoms with Crippen molar-refractivity contribution >= 4 is 17.5 Å². The Kier molecular flexibility index (Phi) is 3.04. The molecule has 96 valence electrons. The highest BCUT2D eigenvalue weighted by atomic mass is 35.5. The summed E-state index contributed by atoms with van der Waals surface area (Å²) >= 11 is 5.64. The molecule has 1 saturated carbocycles. The largest absolute Gasteiger partial charge is 0.454 e. The molecule has 5 heteroatoms. The van der Waals surface area contributed by atoms with Crippen LogP contribution in [0.3, 0.4) is 0 Å². The van der Waals surface area contributed by atoms with Gasteiger partial charge in [0.25, 0.3) is 0 Å². The van der Waals surface area contributed by atoms with E-state index in [9.17, 15) is 4.79 Å². The fourth-order valence-electron chi connectivity index (χ4n) is 2.12. The summed E-state index contributed by atoms with van der Waals surface area (Å²) in [7, 11) is 0. The molecule has 3 rings (SSSR count). The quantitative estimate of drug-likeness (QED) is 0.785. The van der Waals surface area contributed by atoms with Crippen molar-refractivity contribution in [2.45, 2.75) is 25.4 Å². The third-order valence-corrected chi connectivity index (χ3v) is 3.44. The van der Waals surface area contributed by atoms with Gasteiger partial charge in [-0.25, -0.2) is 0 Å². The Morgan fingerprint density at radius 1 is 1.33 bits per heavy atom. The van der Waals surface area contributed by atoms with Gasteiger partial charge in [0.2, 0.25) is 12.7 Å². The van der Waals surface area contributed by atoms with Crippen LogP contribution in [0.25, 0.3) is 0 Å². The summed E-state index contributed by atoms with van der Waals surface area (Å²) in [5, 5.41) is 0. The molecule has 1 aromatic carbocycles. The highest BCUT2D eigenvalue weighted by Gasteiger charge is 2.32. The summed E-state index contributed by atoms with van der Waals surface area (Å²) in [6.45, 7) is 0.860. The number of carbonyl (C=O) groups is 1. The monoisotopic (exact) mass is 267 g/mol. The van der Waals surface area contributed by atoms with Crippen molar-refractivity contribution in [2.24, 2.45) is 0 Å². The molecule has 1 amide bonds. The van der Waals surface area contributed by atoms with E-state index in [0.717, 1.165) is 29.9 Å². The average Bonchev–Trinajstić information content (AvgIpc) is 3.12. The molecular weight excluding hydrogens is 254 g/mol. The van der Waals surface area contributed by atoms with Crippen molar-refractivity contribution in [3.63, 3.8) is 0 Å². The molecule has 0 radical (unpaired) electrons. The van der Waals surface area contributed by atoms with Crippen LogP contribution in [0.2, 0.25) is 0 Å². The summed E-state index contributed by atoms with van der Waals surface area (Å²) in [6, 6.07) is 6.14. The number of rotatable bonds is 4. The molecule has 0 unspecified atom stereocenters. The zero-order chi connectivity index (χ0) is 12.5. The van der Waals surface area contributed by atoms with Gasteiger partial charge >= 0.3 is 0 Å². The number of amides is 1. The maximum absolute atomic E-state index is 11.8. The molecule has 1 aliphatic carbocycles. The van der Waals surface area contributed by atoms with Crippen molar-refractivity contribution in [1.82, 2.24) is 4.90 Å². The first-order valence-electron chi connectivity index (χ1n) is 6.02. The van der Waals surface area contributed by atoms with E-state index >= 15 is 0 Å². The average molecular weight is 268 g/mol. The summed E-state index contributed by atoms with van der Waals surface area (Å²) in [6.07, 6.45) is 2.15. The van der Waals surface area contributed by atoms with E-state index in [4.69, 9.17) is 21.1 Å². The van der Waals surface area contributed by atoms with Crippen molar-refractivity contribution in [3.05, 3.63) is 23.8 Å². The summed E-state index contributed by atoms with van der Waals surface area (Å²) < 4.78 is 10.6. The highest BCUT2D eigenvalue weighted by Crippen LogP contribution is 2.34. The van der Waals surface area contributed by atoms with Crippen molar-refractivity contribution in [1.29, 1.82) is 0 Å². The minimum atomic E-state index is -0.00293. The van der Waals surface area contributed by atoms with Crippen LogP contribution in [0.4, 0.5) is 0 Å². The van der Waals surface area contributed by atoms with Gasteiger partial charge in [0.05, 0.1) is 0 Å². The van der Waals surface area contributed by atoms with E-state index in [-0.39, 0.29) is 18.6 Å². The molecule has 1 aliphatic heterocycles. The first-order chi connectivity index (χ1) is 8.78. The Bertz CT molecular complexity index is 473. The van der Waals surface area contributed by atoms with Gasteiger partial charge in [0.15, 0.2) is 11.5 Å².